The average Bonchev–Trinajstić information content (AvgIpc) is 3.26. The number of phenols is 1. The van der Waals surface area contributed by atoms with Crippen molar-refractivity contribution in [3.8, 4) is 5.75 Å². The number of benzene rings is 3. The first kappa shape index (κ1) is 22.2. The van der Waals surface area contributed by atoms with Gasteiger partial charge >= 0.3 is 0 Å². The highest BCUT2D eigenvalue weighted by molar-refractivity contribution is 6.02. The molecular weight excluding hydrogens is 410 g/mol. The fourth-order valence-corrected chi connectivity index (χ4v) is 3.91. The maximum atomic E-state index is 12.6. The molecule has 0 bridgehead atoms. The van der Waals surface area contributed by atoms with Gasteiger partial charge in [0.2, 0.25) is 0 Å². The first-order valence-electron chi connectivity index (χ1n) is 10.9. The van der Waals surface area contributed by atoms with E-state index < -0.39 is 0 Å². The highest BCUT2D eigenvalue weighted by atomic mass is 16.3. The Morgan fingerprint density at radius 1 is 0.848 bits per heavy atom. The topological polar surface area (TPSA) is 62.5 Å². The van der Waals surface area contributed by atoms with Crippen molar-refractivity contribution in [1.29, 1.82) is 0 Å². The van der Waals surface area contributed by atoms with E-state index in [4.69, 9.17) is 4.42 Å². The highest BCUT2D eigenvalue weighted by Crippen LogP contribution is 2.22. The number of amides is 1. The van der Waals surface area contributed by atoms with E-state index in [0.29, 0.717) is 17.9 Å². The predicted molar refractivity (Wildman–Crippen MR) is 134 cm³/mol. The maximum Gasteiger partial charge on any atom is 0.291 e. The molecule has 0 aliphatic carbocycles. The Hall–Kier alpha value is -4.05. The van der Waals surface area contributed by atoms with Crippen LogP contribution in [-0.2, 0) is 6.42 Å². The van der Waals surface area contributed by atoms with Gasteiger partial charge in [-0.05, 0) is 85.0 Å². The summed E-state index contributed by atoms with van der Waals surface area (Å²) >= 11 is 0. The number of aryl methyl sites for hydroxylation is 3. The average molecular weight is 438 g/mol. The van der Waals surface area contributed by atoms with Gasteiger partial charge in [-0.3, -0.25) is 4.79 Å². The lowest BCUT2D eigenvalue weighted by molar-refractivity contribution is 0.0995. The molecule has 0 atom stereocenters. The van der Waals surface area contributed by atoms with Crippen molar-refractivity contribution in [2.75, 3.05) is 5.32 Å². The van der Waals surface area contributed by atoms with Gasteiger partial charge in [0, 0.05) is 12.1 Å². The van der Waals surface area contributed by atoms with Crippen LogP contribution in [0, 0.1) is 20.8 Å². The third-order valence-corrected chi connectivity index (χ3v) is 5.61. The second kappa shape index (κ2) is 9.61. The number of anilines is 1. The van der Waals surface area contributed by atoms with E-state index in [-0.39, 0.29) is 11.7 Å². The van der Waals surface area contributed by atoms with Crippen LogP contribution in [0.5, 0.6) is 5.75 Å². The molecule has 4 nitrogen and oxygen atoms in total. The SMILES string of the molecule is Cc1cc(C)c(Cc2ccc(C(=O)Nc3ccc(/C=C/c4ccc(O)cc4)cc3)o2)c(C)c1. The zero-order chi connectivity index (χ0) is 23.4. The number of phenolic OH excluding ortho intramolecular Hbond substituents is 1. The minimum absolute atomic E-state index is 0.247. The number of hydrogen-bond acceptors (Lipinski definition) is 3. The highest BCUT2D eigenvalue weighted by Gasteiger charge is 2.13. The third-order valence-electron chi connectivity index (χ3n) is 5.61. The molecule has 1 aromatic heterocycles. The number of carbonyl (C=O) groups is 1. The first-order chi connectivity index (χ1) is 15.9. The van der Waals surface area contributed by atoms with Crippen molar-refractivity contribution in [1.82, 2.24) is 0 Å². The van der Waals surface area contributed by atoms with Crippen molar-refractivity contribution in [2.45, 2.75) is 27.2 Å². The molecule has 4 heteroatoms. The van der Waals surface area contributed by atoms with Crippen LogP contribution in [0.2, 0.25) is 0 Å². The van der Waals surface area contributed by atoms with E-state index in [2.05, 4.69) is 38.2 Å². The number of nitrogens with one attached hydrogen (secondary N) is 1. The molecular formula is C29H27NO3. The summed E-state index contributed by atoms with van der Waals surface area (Å²) < 4.78 is 5.84. The molecule has 0 aliphatic rings. The summed E-state index contributed by atoms with van der Waals surface area (Å²) in [5, 5.41) is 12.2. The van der Waals surface area contributed by atoms with Crippen LogP contribution in [-0.4, -0.2) is 11.0 Å². The van der Waals surface area contributed by atoms with Gasteiger partial charge in [0.05, 0.1) is 0 Å². The van der Waals surface area contributed by atoms with Gasteiger partial charge in [-0.15, -0.1) is 0 Å². The number of furan rings is 1. The molecule has 0 saturated carbocycles. The van der Waals surface area contributed by atoms with Crippen LogP contribution in [0.4, 0.5) is 5.69 Å². The summed E-state index contributed by atoms with van der Waals surface area (Å²) in [4.78, 5) is 12.6. The molecule has 1 heterocycles. The molecule has 3 aromatic carbocycles. The zero-order valence-electron chi connectivity index (χ0n) is 19.1. The van der Waals surface area contributed by atoms with Gasteiger partial charge < -0.3 is 14.8 Å². The standard InChI is InChI=1S/C29H27NO3/c1-19-16-20(2)27(21(3)17-19)18-26-14-15-28(33-26)29(32)30-24-10-6-22(7-11-24)4-5-23-8-12-25(31)13-9-23/h4-17,31H,18H2,1-3H3,(H,30,32)/b5-4+. The van der Waals surface area contributed by atoms with Crippen molar-refractivity contribution in [2.24, 2.45) is 0 Å². The third kappa shape index (κ3) is 5.60. The number of rotatable bonds is 6. The zero-order valence-corrected chi connectivity index (χ0v) is 19.1. The molecule has 0 aliphatic heterocycles. The lowest BCUT2D eigenvalue weighted by atomic mass is 9.97. The van der Waals surface area contributed by atoms with Crippen molar-refractivity contribution in [3.63, 3.8) is 0 Å². The van der Waals surface area contributed by atoms with Crippen molar-refractivity contribution in [3.05, 3.63) is 118 Å². The molecule has 0 unspecified atom stereocenters. The van der Waals surface area contributed by atoms with Crippen LogP contribution in [0.3, 0.4) is 0 Å². The molecule has 1 amide bonds. The minimum Gasteiger partial charge on any atom is -0.508 e. The monoisotopic (exact) mass is 437 g/mol. The Kier molecular flexibility index (Phi) is 6.45. The van der Waals surface area contributed by atoms with E-state index in [1.807, 2.05) is 54.6 Å². The summed E-state index contributed by atoms with van der Waals surface area (Å²) in [6, 6.07) is 22.5. The summed E-state index contributed by atoms with van der Waals surface area (Å²) in [6.07, 6.45) is 4.61. The Labute approximate surface area is 194 Å². The van der Waals surface area contributed by atoms with Crippen molar-refractivity contribution < 1.29 is 14.3 Å². The molecule has 0 spiro atoms. The largest absolute Gasteiger partial charge is 0.508 e. The predicted octanol–water partition coefficient (Wildman–Crippen LogP) is 6.92. The molecule has 0 fully saturated rings. The van der Waals surface area contributed by atoms with E-state index in [9.17, 15) is 9.90 Å². The fraction of sp³-hybridized carbons (Fsp3) is 0.138. The van der Waals surface area contributed by atoms with Crippen LogP contribution < -0.4 is 5.32 Å². The lowest BCUT2D eigenvalue weighted by Crippen LogP contribution is -2.10. The quantitative estimate of drug-likeness (QED) is 0.322. The van der Waals surface area contributed by atoms with Gasteiger partial charge in [0.15, 0.2) is 5.76 Å². The minimum atomic E-state index is -0.272. The Morgan fingerprint density at radius 2 is 1.42 bits per heavy atom. The normalized spacial score (nSPS) is 11.1. The fourth-order valence-electron chi connectivity index (χ4n) is 3.91. The first-order valence-corrected chi connectivity index (χ1v) is 10.9. The van der Waals surface area contributed by atoms with E-state index >= 15 is 0 Å². The van der Waals surface area contributed by atoms with Gasteiger partial charge in [-0.2, -0.15) is 0 Å². The molecule has 2 N–H and O–H groups in total. The maximum absolute atomic E-state index is 12.6. The van der Waals surface area contributed by atoms with Crippen LogP contribution >= 0.6 is 0 Å². The Bertz CT molecular complexity index is 1270. The van der Waals surface area contributed by atoms with Gasteiger partial charge in [-0.1, -0.05) is 54.1 Å². The van der Waals surface area contributed by atoms with Gasteiger partial charge in [-0.25, -0.2) is 0 Å². The molecule has 0 radical (unpaired) electrons. The van der Waals surface area contributed by atoms with E-state index in [1.54, 1.807) is 18.2 Å². The van der Waals surface area contributed by atoms with E-state index in [0.717, 1.165) is 16.9 Å². The summed E-state index contributed by atoms with van der Waals surface area (Å²) in [5.74, 6) is 1.04. The molecule has 4 aromatic rings. The molecule has 4 rings (SSSR count). The van der Waals surface area contributed by atoms with Crippen LogP contribution in [0.1, 0.15) is 49.7 Å². The van der Waals surface area contributed by atoms with Gasteiger partial charge in [0.1, 0.15) is 11.5 Å². The van der Waals surface area contributed by atoms with E-state index in [1.165, 1.54) is 22.3 Å². The second-order valence-corrected chi connectivity index (χ2v) is 8.32. The van der Waals surface area contributed by atoms with Crippen LogP contribution in [0.25, 0.3) is 12.2 Å². The molecule has 0 saturated heterocycles. The smallest absolute Gasteiger partial charge is 0.291 e. The summed E-state index contributed by atoms with van der Waals surface area (Å²) in [7, 11) is 0. The number of aromatic hydroxyl groups is 1. The Balaban J connectivity index is 1.39. The summed E-state index contributed by atoms with van der Waals surface area (Å²) in [5.41, 5.74) is 7.64. The van der Waals surface area contributed by atoms with Crippen molar-refractivity contribution >= 4 is 23.7 Å². The van der Waals surface area contributed by atoms with Gasteiger partial charge in [0.25, 0.3) is 5.91 Å². The number of hydrogen-bond donors (Lipinski definition) is 2. The number of carbonyl (C=O) groups excluding carboxylic acids is 1. The second-order valence-electron chi connectivity index (χ2n) is 8.32. The summed E-state index contributed by atoms with van der Waals surface area (Å²) in [6.45, 7) is 6.31. The van der Waals surface area contributed by atoms with Crippen LogP contribution in [0.15, 0.2) is 77.2 Å². The molecule has 166 valence electrons. The lowest BCUT2D eigenvalue weighted by Gasteiger charge is -2.10. The molecule has 33 heavy (non-hydrogen) atoms. The Morgan fingerprint density at radius 3 is 2.03 bits per heavy atom.